The largest absolute Gasteiger partial charge is 0.369 e. The van der Waals surface area contributed by atoms with E-state index in [2.05, 4.69) is 0 Å². The molecule has 5 heteroatoms. The van der Waals surface area contributed by atoms with Crippen molar-refractivity contribution >= 4 is 11.8 Å². The van der Waals surface area contributed by atoms with Crippen molar-refractivity contribution in [2.24, 2.45) is 11.7 Å². The first-order chi connectivity index (χ1) is 11.0. The summed E-state index contributed by atoms with van der Waals surface area (Å²) in [6, 6.07) is 6.35. The van der Waals surface area contributed by atoms with E-state index in [0.717, 1.165) is 31.2 Å². The fourth-order valence-corrected chi connectivity index (χ4v) is 4.04. The SMILES string of the molecule is NC(=O)C1CCN(C(=O)C2(c3ccc(F)cc3)CCCC2)CC1. The Morgan fingerprint density at radius 1 is 1.09 bits per heavy atom. The number of benzene rings is 1. The van der Waals surface area contributed by atoms with E-state index in [1.54, 1.807) is 12.1 Å². The topological polar surface area (TPSA) is 63.4 Å². The molecule has 0 unspecified atom stereocenters. The Morgan fingerprint density at radius 2 is 1.65 bits per heavy atom. The van der Waals surface area contributed by atoms with Crippen molar-refractivity contribution in [3.8, 4) is 0 Å². The van der Waals surface area contributed by atoms with Gasteiger partial charge in [0.25, 0.3) is 0 Å². The summed E-state index contributed by atoms with van der Waals surface area (Å²) in [6.45, 7) is 1.16. The van der Waals surface area contributed by atoms with Crippen LogP contribution in [-0.4, -0.2) is 29.8 Å². The minimum atomic E-state index is -0.521. The van der Waals surface area contributed by atoms with Gasteiger partial charge < -0.3 is 10.6 Å². The minimum absolute atomic E-state index is 0.121. The zero-order valence-corrected chi connectivity index (χ0v) is 13.3. The molecular formula is C18H23FN2O2. The number of primary amides is 1. The Bertz CT molecular complexity index is 586. The molecule has 0 radical (unpaired) electrons. The van der Waals surface area contributed by atoms with Crippen LogP contribution in [0.2, 0.25) is 0 Å². The number of amides is 2. The van der Waals surface area contributed by atoms with Crippen LogP contribution >= 0.6 is 0 Å². The van der Waals surface area contributed by atoms with Gasteiger partial charge in [-0.3, -0.25) is 9.59 Å². The molecule has 0 spiro atoms. The first-order valence-corrected chi connectivity index (χ1v) is 8.38. The number of nitrogens with zero attached hydrogens (tertiary/aromatic N) is 1. The number of hydrogen-bond acceptors (Lipinski definition) is 2. The molecule has 1 aromatic carbocycles. The van der Waals surface area contributed by atoms with Gasteiger partial charge in [-0.15, -0.1) is 0 Å². The molecule has 1 aliphatic heterocycles. The Hall–Kier alpha value is -1.91. The lowest BCUT2D eigenvalue weighted by atomic mass is 9.77. The summed E-state index contributed by atoms with van der Waals surface area (Å²) in [4.78, 5) is 26.4. The Morgan fingerprint density at radius 3 is 2.17 bits per heavy atom. The van der Waals surface area contributed by atoms with Crippen molar-refractivity contribution in [3.05, 3.63) is 35.6 Å². The molecule has 1 saturated heterocycles. The summed E-state index contributed by atoms with van der Waals surface area (Å²) in [5.74, 6) is -0.545. The summed E-state index contributed by atoms with van der Waals surface area (Å²) in [5.41, 5.74) is 5.76. The molecule has 1 aromatic rings. The molecule has 2 amide bonds. The maximum Gasteiger partial charge on any atom is 0.233 e. The highest BCUT2D eigenvalue weighted by atomic mass is 19.1. The maximum absolute atomic E-state index is 13.2. The molecule has 4 nitrogen and oxygen atoms in total. The van der Waals surface area contributed by atoms with Gasteiger partial charge in [0, 0.05) is 19.0 Å². The predicted octanol–water partition coefficient (Wildman–Crippen LogP) is 2.36. The second-order valence-electron chi connectivity index (χ2n) is 6.76. The molecule has 0 aromatic heterocycles. The van der Waals surface area contributed by atoms with E-state index >= 15 is 0 Å². The lowest BCUT2D eigenvalue weighted by molar-refractivity contribution is -0.140. The van der Waals surface area contributed by atoms with Crippen molar-refractivity contribution in [1.82, 2.24) is 4.90 Å². The predicted molar refractivity (Wildman–Crippen MR) is 85.0 cm³/mol. The number of rotatable bonds is 3. The van der Waals surface area contributed by atoms with Crippen LogP contribution in [0.5, 0.6) is 0 Å². The third-order valence-electron chi connectivity index (χ3n) is 5.45. The number of piperidine rings is 1. The first-order valence-electron chi connectivity index (χ1n) is 8.38. The van der Waals surface area contributed by atoms with E-state index < -0.39 is 5.41 Å². The highest BCUT2D eigenvalue weighted by Crippen LogP contribution is 2.43. The molecule has 2 aliphatic rings. The normalized spacial score (nSPS) is 21.3. The molecule has 23 heavy (non-hydrogen) atoms. The Balaban J connectivity index is 1.80. The lowest BCUT2D eigenvalue weighted by Gasteiger charge is -2.38. The summed E-state index contributed by atoms with van der Waals surface area (Å²) in [7, 11) is 0. The smallest absolute Gasteiger partial charge is 0.233 e. The summed E-state index contributed by atoms with van der Waals surface area (Å²) in [6.07, 6.45) is 4.93. The van der Waals surface area contributed by atoms with E-state index in [0.29, 0.717) is 25.9 Å². The minimum Gasteiger partial charge on any atom is -0.369 e. The van der Waals surface area contributed by atoms with Gasteiger partial charge in [0.2, 0.25) is 11.8 Å². The molecular weight excluding hydrogens is 295 g/mol. The van der Waals surface area contributed by atoms with E-state index in [4.69, 9.17) is 5.73 Å². The molecule has 0 bridgehead atoms. The van der Waals surface area contributed by atoms with Crippen molar-refractivity contribution in [2.75, 3.05) is 13.1 Å². The van der Waals surface area contributed by atoms with Gasteiger partial charge in [-0.05, 0) is 43.4 Å². The summed E-state index contributed by atoms with van der Waals surface area (Å²) >= 11 is 0. The van der Waals surface area contributed by atoms with Crippen molar-refractivity contribution < 1.29 is 14.0 Å². The second kappa shape index (κ2) is 6.30. The molecule has 0 atom stereocenters. The molecule has 2 fully saturated rings. The fraction of sp³-hybridized carbons (Fsp3) is 0.556. The third kappa shape index (κ3) is 2.96. The van der Waals surface area contributed by atoms with Gasteiger partial charge >= 0.3 is 0 Å². The average Bonchev–Trinajstić information content (AvgIpc) is 3.06. The number of nitrogens with two attached hydrogens (primary N) is 1. The molecule has 1 aliphatic carbocycles. The quantitative estimate of drug-likeness (QED) is 0.930. The van der Waals surface area contributed by atoms with Gasteiger partial charge in [0.1, 0.15) is 5.82 Å². The van der Waals surface area contributed by atoms with Crippen LogP contribution in [0.4, 0.5) is 4.39 Å². The Kier molecular flexibility index (Phi) is 4.37. The maximum atomic E-state index is 13.2. The number of carbonyl (C=O) groups excluding carboxylic acids is 2. The molecule has 1 heterocycles. The first kappa shape index (κ1) is 16.0. The standard InChI is InChI=1S/C18H23FN2O2/c19-15-5-3-14(4-6-15)18(9-1-2-10-18)17(23)21-11-7-13(8-12-21)16(20)22/h3-6,13H,1-2,7-12H2,(H2,20,22). The van der Waals surface area contributed by atoms with Crippen LogP contribution in [-0.2, 0) is 15.0 Å². The lowest BCUT2D eigenvalue weighted by Crippen LogP contribution is -2.49. The molecule has 1 saturated carbocycles. The number of likely N-dealkylation sites (tertiary alicyclic amines) is 1. The third-order valence-corrected chi connectivity index (χ3v) is 5.45. The fourth-order valence-electron chi connectivity index (χ4n) is 4.04. The molecule has 2 N–H and O–H groups in total. The summed E-state index contributed by atoms with van der Waals surface area (Å²) in [5, 5.41) is 0. The van der Waals surface area contributed by atoms with Crippen molar-refractivity contribution in [2.45, 2.75) is 43.9 Å². The van der Waals surface area contributed by atoms with E-state index in [-0.39, 0.29) is 23.5 Å². The van der Waals surface area contributed by atoms with Gasteiger partial charge in [0.05, 0.1) is 5.41 Å². The van der Waals surface area contributed by atoms with Crippen LogP contribution in [0.1, 0.15) is 44.1 Å². The van der Waals surface area contributed by atoms with Crippen LogP contribution in [0.3, 0.4) is 0 Å². The van der Waals surface area contributed by atoms with Crippen molar-refractivity contribution in [3.63, 3.8) is 0 Å². The van der Waals surface area contributed by atoms with Gasteiger partial charge in [0.15, 0.2) is 0 Å². The zero-order chi connectivity index (χ0) is 16.4. The van der Waals surface area contributed by atoms with Crippen LogP contribution in [0.25, 0.3) is 0 Å². The van der Waals surface area contributed by atoms with E-state index in [9.17, 15) is 14.0 Å². The number of hydrogen-bond donors (Lipinski definition) is 1. The van der Waals surface area contributed by atoms with Gasteiger partial charge in [-0.1, -0.05) is 25.0 Å². The number of carbonyl (C=O) groups is 2. The average molecular weight is 318 g/mol. The summed E-state index contributed by atoms with van der Waals surface area (Å²) < 4.78 is 13.2. The second-order valence-corrected chi connectivity index (χ2v) is 6.76. The highest BCUT2D eigenvalue weighted by molar-refractivity contribution is 5.89. The molecule has 3 rings (SSSR count). The monoisotopic (exact) mass is 318 g/mol. The van der Waals surface area contributed by atoms with Crippen LogP contribution < -0.4 is 5.73 Å². The van der Waals surface area contributed by atoms with E-state index in [1.165, 1.54) is 12.1 Å². The van der Waals surface area contributed by atoms with Gasteiger partial charge in [-0.25, -0.2) is 4.39 Å². The zero-order valence-electron chi connectivity index (χ0n) is 13.3. The Labute approximate surface area is 135 Å². The van der Waals surface area contributed by atoms with E-state index in [1.807, 2.05) is 4.90 Å². The number of halogens is 1. The van der Waals surface area contributed by atoms with Gasteiger partial charge in [-0.2, -0.15) is 0 Å². The van der Waals surface area contributed by atoms with Crippen molar-refractivity contribution in [1.29, 1.82) is 0 Å². The van der Waals surface area contributed by atoms with Crippen LogP contribution in [0.15, 0.2) is 24.3 Å². The van der Waals surface area contributed by atoms with Crippen LogP contribution in [0, 0.1) is 11.7 Å². The highest BCUT2D eigenvalue weighted by Gasteiger charge is 2.45. The molecule has 124 valence electrons.